The second-order valence-electron chi connectivity index (χ2n) is 4.89. The summed E-state index contributed by atoms with van der Waals surface area (Å²) in [6.45, 7) is 2.23. The van der Waals surface area contributed by atoms with Crippen molar-refractivity contribution in [2.75, 3.05) is 6.54 Å². The monoisotopic (exact) mass is 337 g/mol. The van der Waals surface area contributed by atoms with Gasteiger partial charge in [-0.25, -0.2) is 0 Å². The molecule has 0 aliphatic carbocycles. The molecule has 2 rings (SSSR count). The van der Waals surface area contributed by atoms with Crippen LogP contribution in [0.25, 0.3) is 0 Å². The molecule has 0 saturated heterocycles. The summed E-state index contributed by atoms with van der Waals surface area (Å²) in [6, 6.07) is 14.6. The quantitative estimate of drug-likeness (QED) is 0.860. The topological polar surface area (TPSA) is 38.3 Å². The smallest absolute Gasteiger partial charge is 0.260 e. The lowest BCUT2D eigenvalue weighted by atomic mass is 10.1. The summed E-state index contributed by atoms with van der Waals surface area (Å²) in [5, 5.41) is 4.12. The molecule has 0 saturated carbocycles. The zero-order valence-electron chi connectivity index (χ0n) is 12.2. The van der Waals surface area contributed by atoms with Crippen LogP contribution in [0.4, 0.5) is 0 Å². The summed E-state index contributed by atoms with van der Waals surface area (Å²) in [4.78, 5) is 12.0. The number of halogens is 2. The summed E-state index contributed by atoms with van der Waals surface area (Å²) < 4.78 is 5.56. The van der Waals surface area contributed by atoms with Gasteiger partial charge in [0.2, 0.25) is 0 Å². The molecule has 0 aliphatic heterocycles. The van der Waals surface area contributed by atoms with Crippen molar-refractivity contribution in [3.63, 3.8) is 0 Å². The first kappa shape index (κ1) is 16.7. The molecule has 1 atom stereocenters. The highest BCUT2D eigenvalue weighted by Crippen LogP contribution is 2.18. The van der Waals surface area contributed by atoms with Crippen LogP contribution < -0.4 is 10.1 Å². The minimum Gasteiger partial charge on any atom is -0.481 e. The molecule has 0 aliphatic rings. The minimum absolute atomic E-state index is 0.165. The Morgan fingerprint density at radius 3 is 2.50 bits per heavy atom. The van der Waals surface area contributed by atoms with Crippen molar-refractivity contribution < 1.29 is 9.53 Å². The molecule has 0 heterocycles. The third-order valence-corrected chi connectivity index (χ3v) is 3.55. The van der Waals surface area contributed by atoms with E-state index >= 15 is 0 Å². The molecular weight excluding hydrogens is 321 g/mol. The summed E-state index contributed by atoms with van der Waals surface area (Å²) >= 11 is 11.8. The second-order valence-corrected chi connectivity index (χ2v) is 5.76. The zero-order valence-corrected chi connectivity index (χ0v) is 13.7. The van der Waals surface area contributed by atoms with Gasteiger partial charge < -0.3 is 10.1 Å². The molecule has 1 amide bonds. The second kappa shape index (κ2) is 8.06. The standard InChI is InChI=1S/C17H17Cl2NO2/c1-12(22-16-7-3-6-15(19)11-16)17(21)20-9-8-13-4-2-5-14(18)10-13/h2-7,10-12H,8-9H2,1H3,(H,20,21). The van der Waals surface area contributed by atoms with Gasteiger partial charge in [0.25, 0.3) is 5.91 Å². The Kier molecular flexibility index (Phi) is 6.10. The molecule has 3 nitrogen and oxygen atoms in total. The number of hydrogen-bond acceptors (Lipinski definition) is 2. The van der Waals surface area contributed by atoms with E-state index in [0.717, 1.165) is 12.0 Å². The fraction of sp³-hybridized carbons (Fsp3) is 0.235. The first-order valence-electron chi connectivity index (χ1n) is 6.99. The van der Waals surface area contributed by atoms with Crippen molar-refractivity contribution in [1.29, 1.82) is 0 Å². The van der Waals surface area contributed by atoms with Gasteiger partial charge in [0.05, 0.1) is 0 Å². The van der Waals surface area contributed by atoms with Crippen LogP contribution in [0.5, 0.6) is 5.75 Å². The van der Waals surface area contributed by atoms with Gasteiger partial charge in [-0.3, -0.25) is 4.79 Å². The van der Waals surface area contributed by atoms with Crippen molar-refractivity contribution in [2.45, 2.75) is 19.4 Å². The Morgan fingerprint density at radius 2 is 1.82 bits per heavy atom. The zero-order chi connectivity index (χ0) is 15.9. The van der Waals surface area contributed by atoms with E-state index in [2.05, 4.69) is 5.32 Å². The molecule has 0 aromatic heterocycles. The largest absolute Gasteiger partial charge is 0.481 e. The van der Waals surface area contributed by atoms with Crippen LogP contribution in [-0.2, 0) is 11.2 Å². The molecule has 0 bridgehead atoms. The Balaban J connectivity index is 1.79. The number of carbonyl (C=O) groups excluding carboxylic acids is 1. The summed E-state index contributed by atoms with van der Waals surface area (Å²) in [7, 11) is 0. The van der Waals surface area contributed by atoms with Gasteiger partial charge in [0.1, 0.15) is 5.75 Å². The highest BCUT2D eigenvalue weighted by atomic mass is 35.5. The molecule has 1 unspecified atom stereocenters. The maximum absolute atomic E-state index is 12.0. The summed E-state index contributed by atoms with van der Waals surface area (Å²) in [5.74, 6) is 0.409. The van der Waals surface area contributed by atoms with E-state index in [0.29, 0.717) is 22.3 Å². The van der Waals surface area contributed by atoms with Crippen LogP contribution in [0, 0.1) is 0 Å². The van der Waals surface area contributed by atoms with Gasteiger partial charge in [-0.1, -0.05) is 41.4 Å². The lowest BCUT2D eigenvalue weighted by Crippen LogP contribution is -2.37. The van der Waals surface area contributed by atoms with Crippen molar-refractivity contribution in [3.8, 4) is 5.75 Å². The van der Waals surface area contributed by atoms with Crippen molar-refractivity contribution in [3.05, 3.63) is 64.1 Å². The lowest BCUT2D eigenvalue weighted by molar-refractivity contribution is -0.127. The van der Waals surface area contributed by atoms with E-state index in [-0.39, 0.29) is 5.91 Å². The molecule has 0 spiro atoms. The Labute approximate surface area is 140 Å². The average Bonchev–Trinajstić information content (AvgIpc) is 2.47. The maximum atomic E-state index is 12.0. The normalized spacial score (nSPS) is 11.8. The van der Waals surface area contributed by atoms with Crippen LogP contribution in [0.1, 0.15) is 12.5 Å². The SMILES string of the molecule is CC(Oc1cccc(Cl)c1)C(=O)NCCc1cccc(Cl)c1. The van der Waals surface area contributed by atoms with Crippen molar-refractivity contribution in [1.82, 2.24) is 5.32 Å². The van der Waals surface area contributed by atoms with Gasteiger partial charge in [-0.15, -0.1) is 0 Å². The van der Waals surface area contributed by atoms with Crippen LogP contribution in [-0.4, -0.2) is 18.6 Å². The molecule has 116 valence electrons. The minimum atomic E-state index is -0.585. The van der Waals surface area contributed by atoms with Crippen molar-refractivity contribution in [2.24, 2.45) is 0 Å². The first-order chi connectivity index (χ1) is 10.5. The van der Waals surface area contributed by atoms with E-state index < -0.39 is 6.10 Å². The maximum Gasteiger partial charge on any atom is 0.260 e. The number of carbonyl (C=O) groups is 1. The van der Waals surface area contributed by atoms with E-state index in [1.54, 1.807) is 31.2 Å². The molecule has 22 heavy (non-hydrogen) atoms. The Hall–Kier alpha value is -1.71. The fourth-order valence-electron chi connectivity index (χ4n) is 1.96. The average molecular weight is 338 g/mol. The molecule has 2 aromatic carbocycles. The number of hydrogen-bond donors (Lipinski definition) is 1. The molecule has 1 N–H and O–H groups in total. The Morgan fingerprint density at radius 1 is 1.14 bits per heavy atom. The lowest BCUT2D eigenvalue weighted by Gasteiger charge is -2.15. The highest BCUT2D eigenvalue weighted by molar-refractivity contribution is 6.30. The number of benzene rings is 2. The van der Waals surface area contributed by atoms with Crippen LogP contribution in [0.15, 0.2) is 48.5 Å². The van der Waals surface area contributed by atoms with E-state index in [9.17, 15) is 4.79 Å². The predicted molar refractivity (Wildman–Crippen MR) is 89.7 cm³/mol. The molecule has 2 aromatic rings. The third-order valence-electron chi connectivity index (χ3n) is 3.08. The number of rotatable bonds is 6. The highest BCUT2D eigenvalue weighted by Gasteiger charge is 2.14. The predicted octanol–water partition coefficient (Wildman–Crippen LogP) is 4.12. The molecular formula is C17H17Cl2NO2. The molecule has 0 fully saturated rings. The van der Waals surface area contributed by atoms with Gasteiger partial charge in [-0.2, -0.15) is 0 Å². The van der Waals surface area contributed by atoms with E-state index in [1.165, 1.54) is 0 Å². The van der Waals surface area contributed by atoms with Crippen molar-refractivity contribution >= 4 is 29.1 Å². The third kappa shape index (κ3) is 5.24. The van der Waals surface area contributed by atoms with E-state index in [4.69, 9.17) is 27.9 Å². The van der Waals surface area contributed by atoms with Crippen LogP contribution in [0.3, 0.4) is 0 Å². The summed E-state index contributed by atoms with van der Waals surface area (Å²) in [5.41, 5.74) is 1.08. The number of nitrogens with one attached hydrogen (secondary N) is 1. The molecule has 5 heteroatoms. The summed E-state index contributed by atoms with van der Waals surface area (Å²) in [6.07, 6.45) is 0.133. The number of amides is 1. The van der Waals surface area contributed by atoms with Gasteiger partial charge in [-0.05, 0) is 49.2 Å². The molecule has 0 radical (unpaired) electrons. The first-order valence-corrected chi connectivity index (χ1v) is 7.74. The van der Waals surface area contributed by atoms with E-state index in [1.807, 2.05) is 24.3 Å². The fourth-order valence-corrected chi connectivity index (χ4v) is 2.36. The van der Waals surface area contributed by atoms with Gasteiger partial charge in [0, 0.05) is 16.6 Å². The van der Waals surface area contributed by atoms with Gasteiger partial charge in [0.15, 0.2) is 6.10 Å². The van der Waals surface area contributed by atoms with Crippen LogP contribution >= 0.6 is 23.2 Å². The Bertz CT molecular complexity index is 646. The van der Waals surface area contributed by atoms with Crippen LogP contribution in [0.2, 0.25) is 10.0 Å². The number of ether oxygens (including phenoxy) is 1. The van der Waals surface area contributed by atoms with Gasteiger partial charge >= 0.3 is 0 Å².